The molecule has 0 radical (unpaired) electrons. The van der Waals surface area contributed by atoms with Crippen molar-refractivity contribution in [1.82, 2.24) is 0 Å². The lowest BCUT2D eigenvalue weighted by Gasteiger charge is -2.24. The van der Waals surface area contributed by atoms with E-state index in [9.17, 15) is 5.11 Å². The molecule has 1 saturated heterocycles. The van der Waals surface area contributed by atoms with Gasteiger partial charge in [0.1, 0.15) is 0 Å². The van der Waals surface area contributed by atoms with Crippen LogP contribution in [0.15, 0.2) is 0 Å². The Bertz CT molecular complexity index is 113. The first-order chi connectivity index (χ1) is 4.36. The minimum Gasteiger partial charge on any atom is -0.368 e. The van der Waals surface area contributed by atoms with Gasteiger partial charge in [-0.3, -0.25) is 0 Å². The molecule has 2 aliphatic rings. The fraction of sp³-hybridized carbons (Fsp3) is 1.00. The second-order valence-electron chi connectivity index (χ2n) is 3.16. The second kappa shape index (κ2) is 1.96. The normalized spacial score (nSPS) is 49.7. The standard InChI is InChI=1S/C7H12O2/c8-7-6-2-1-5(3-6)4-9-7/h5-8H,1-4H2. The minimum atomic E-state index is -0.441. The molecule has 9 heavy (non-hydrogen) atoms. The highest BCUT2D eigenvalue weighted by Crippen LogP contribution is 2.37. The first-order valence-electron chi connectivity index (χ1n) is 3.66. The highest BCUT2D eigenvalue weighted by molar-refractivity contribution is 4.80. The van der Waals surface area contributed by atoms with Crippen LogP contribution < -0.4 is 0 Å². The molecule has 1 heterocycles. The van der Waals surface area contributed by atoms with Gasteiger partial charge < -0.3 is 9.84 Å². The fourth-order valence-corrected chi connectivity index (χ4v) is 1.89. The number of aliphatic hydroxyl groups excluding tert-OH is 1. The Kier molecular flexibility index (Phi) is 1.24. The van der Waals surface area contributed by atoms with Gasteiger partial charge in [0.2, 0.25) is 0 Å². The molecule has 0 aromatic heterocycles. The maximum Gasteiger partial charge on any atom is 0.157 e. The van der Waals surface area contributed by atoms with Crippen LogP contribution in [-0.2, 0) is 4.74 Å². The molecule has 0 amide bonds. The zero-order valence-electron chi connectivity index (χ0n) is 5.42. The molecule has 2 bridgehead atoms. The zero-order valence-corrected chi connectivity index (χ0v) is 5.42. The van der Waals surface area contributed by atoms with E-state index in [2.05, 4.69) is 0 Å². The van der Waals surface area contributed by atoms with E-state index in [0.717, 1.165) is 12.5 Å². The van der Waals surface area contributed by atoms with Crippen molar-refractivity contribution < 1.29 is 9.84 Å². The summed E-state index contributed by atoms with van der Waals surface area (Å²) in [5.74, 6) is 1.22. The molecule has 0 aromatic carbocycles. The summed E-state index contributed by atoms with van der Waals surface area (Å²) in [5, 5.41) is 9.17. The summed E-state index contributed by atoms with van der Waals surface area (Å²) in [6, 6.07) is 0. The molecule has 2 fully saturated rings. The summed E-state index contributed by atoms with van der Waals surface area (Å²) < 4.78 is 5.12. The number of fused-ring (bicyclic) bond motifs is 2. The van der Waals surface area contributed by atoms with Crippen LogP contribution in [0.1, 0.15) is 19.3 Å². The lowest BCUT2D eigenvalue weighted by molar-refractivity contribution is -0.157. The van der Waals surface area contributed by atoms with Gasteiger partial charge in [0.25, 0.3) is 0 Å². The van der Waals surface area contributed by atoms with E-state index in [0.29, 0.717) is 5.92 Å². The van der Waals surface area contributed by atoms with Crippen molar-refractivity contribution in [2.24, 2.45) is 11.8 Å². The van der Waals surface area contributed by atoms with Crippen molar-refractivity contribution in [3.63, 3.8) is 0 Å². The van der Waals surface area contributed by atoms with Crippen molar-refractivity contribution in [2.45, 2.75) is 25.6 Å². The van der Waals surface area contributed by atoms with E-state index in [1.165, 1.54) is 19.3 Å². The van der Waals surface area contributed by atoms with E-state index in [1.54, 1.807) is 0 Å². The number of hydrogen-bond acceptors (Lipinski definition) is 2. The van der Waals surface area contributed by atoms with E-state index in [-0.39, 0.29) is 0 Å². The Labute approximate surface area is 54.8 Å². The van der Waals surface area contributed by atoms with Gasteiger partial charge in [-0.1, -0.05) is 0 Å². The molecule has 0 spiro atoms. The molecule has 52 valence electrons. The van der Waals surface area contributed by atoms with Crippen LogP contribution in [-0.4, -0.2) is 18.0 Å². The Morgan fingerprint density at radius 3 is 3.00 bits per heavy atom. The quantitative estimate of drug-likeness (QED) is 0.521. The summed E-state index contributed by atoms with van der Waals surface area (Å²) in [6.07, 6.45) is 3.19. The predicted molar refractivity (Wildman–Crippen MR) is 32.8 cm³/mol. The third-order valence-electron chi connectivity index (χ3n) is 2.49. The summed E-state index contributed by atoms with van der Waals surface area (Å²) >= 11 is 0. The van der Waals surface area contributed by atoms with Gasteiger partial charge in [-0.25, -0.2) is 0 Å². The average molecular weight is 128 g/mol. The van der Waals surface area contributed by atoms with Crippen molar-refractivity contribution >= 4 is 0 Å². The maximum atomic E-state index is 9.17. The Balaban J connectivity index is 2.05. The van der Waals surface area contributed by atoms with Gasteiger partial charge in [0, 0.05) is 5.92 Å². The Morgan fingerprint density at radius 2 is 2.22 bits per heavy atom. The number of aliphatic hydroxyl groups is 1. The van der Waals surface area contributed by atoms with Crippen LogP contribution in [0.3, 0.4) is 0 Å². The smallest absolute Gasteiger partial charge is 0.157 e. The van der Waals surface area contributed by atoms with Crippen LogP contribution in [0, 0.1) is 11.8 Å². The zero-order chi connectivity index (χ0) is 6.27. The molecule has 1 N–H and O–H groups in total. The van der Waals surface area contributed by atoms with Crippen LogP contribution in [0.5, 0.6) is 0 Å². The Morgan fingerprint density at radius 1 is 1.33 bits per heavy atom. The monoisotopic (exact) mass is 128 g/mol. The van der Waals surface area contributed by atoms with Crippen LogP contribution in [0.2, 0.25) is 0 Å². The van der Waals surface area contributed by atoms with Gasteiger partial charge in [-0.2, -0.15) is 0 Å². The van der Waals surface area contributed by atoms with Crippen molar-refractivity contribution in [3.05, 3.63) is 0 Å². The van der Waals surface area contributed by atoms with Crippen molar-refractivity contribution in [1.29, 1.82) is 0 Å². The van der Waals surface area contributed by atoms with Gasteiger partial charge in [0.15, 0.2) is 6.29 Å². The molecule has 2 heteroatoms. The van der Waals surface area contributed by atoms with Crippen LogP contribution >= 0.6 is 0 Å². The topological polar surface area (TPSA) is 29.5 Å². The second-order valence-corrected chi connectivity index (χ2v) is 3.16. The summed E-state index contributed by atoms with van der Waals surface area (Å²) in [4.78, 5) is 0. The maximum absolute atomic E-state index is 9.17. The van der Waals surface area contributed by atoms with E-state index in [4.69, 9.17) is 4.74 Å². The predicted octanol–water partition coefficient (Wildman–Crippen LogP) is 0.751. The lowest BCUT2D eigenvalue weighted by Crippen LogP contribution is -2.28. The molecule has 3 unspecified atom stereocenters. The lowest BCUT2D eigenvalue weighted by atomic mass is 10.0. The van der Waals surface area contributed by atoms with E-state index in [1.807, 2.05) is 0 Å². The molecule has 0 aromatic rings. The average Bonchev–Trinajstić information content (AvgIpc) is 2.25. The largest absolute Gasteiger partial charge is 0.368 e. The molecule has 1 aliphatic carbocycles. The van der Waals surface area contributed by atoms with Gasteiger partial charge >= 0.3 is 0 Å². The van der Waals surface area contributed by atoms with Gasteiger partial charge in [-0.05, 0) is 25.2 Å². The fourth-order valence-electron chi connectivity index (χ4n) is 1.89. The molecule has 2 rings (SSSR count). The first kappa shape index (κ1) is 5.69. The summed E-state index contributed by atoms with van der Waals surface area (Å²) in [5.41, 5.74) is 0. The molecule has 2 nitrogen and oxygen atoms in total. The number of rotatable bonds is 0. The number of ether oxygens (including phenoxy) is 1. The number of hydrogen-bond donors (Lipinski definition) is 1. The molecular formula is C7H12O2. The highest BCUT2D eigenvalue weighted by Gasteiger charge is 2.35. The summed E-state index contributed by atoms with van der Waals surface area (Å²) in [7, 11) is 0. The highest BCUT2D eigenvalue weighted by atomic mass is 16.6. The SMILES string of the molecule is OC1OCC2CCC1C2. The molecule has 1 saturated carbocycles. The Hall–Kier alpha value is -0.0800. The third kappa shape index (κ3) is 0.864. The van der Waals surface area contributed by atoms with Gasteiger partial charge in [0.05, 0.1) is 6.61 Å². The van der Waals surface area contributed by atoms with Crippen LogP contribution in [0.4, 0.5) is 0 Å². The van der Waals surface area contributed by atoms with Crippen molar-refractivity contribution in [3.8, 4) is 0 Å². The van der Waals surface area contributed by atoms with Crippen LogP contribution in [0.25, 0.3) is 0 Å². The van der Waals surface area contributed by atoms with Crippen molar-refractivity contribution in [2.75, 3.05) is 6.61 Å². The van der Waals surface area contributed by atoms with E-state index >= 15 is 0 Å². The third-order valence-corrected chi connectivity index (χ3v) is 2.49. The summed E-state index contributed by atoms with van der Waals surface area (Å²) in [6.45, 7) is 0.789. The molecule has 3 atom stereocenters. The van der Waals surface area contributed by atoms with E-state index < -0.39 is 6.29 Å². The molecule has 1 aliphatic heterocycles. The minimum absolute atomic E-state index is 0.441. The molecular weight excluding hydrogens is 116 g/mol. The first-order valence-corrected chi connectivity index (χ1v) is 3.66. The van der Waals surface area contributed by atoms with Gasteiger partial charge in [-0.15, -0.1) is 0 Å².